The standard InChI is InChI=1S/C22H24N2O4/c1-12-7-8-19(27-5)18(9-12)24-13(2)10-16(15(24)4)11-17-21(25)20(14(3)23-17)22(26)28-6/h7-11,25H,1-6H3/b17-11+. The van der Waals surface area contributed by atoms with Gasteiger partial charge < -0.3 is 19.1 Å². The van der Waals surface area contributed by atoms with Crippen molar-refractivity contribution in [2.45, 2.75) is 27.7 Å². The largest absolute Gasteiger partial charge is 0.505 e. The number of aromatic nitrogens is 1. The molecule has 0 atom stereocenters. The van der Waals surface area contributed by atoms with Crippen LogP contribution in [0.1, 0.15) is 29.4 Å². The summed E-state index contributed by atoms with van der Waals surface area (Å²) in [6.07, 6.45) is 1.77. The van der Waals surface area contributed by atoms with Crippen molar-refractivity contribution >= 4 is 17.8 Å². The van der Waals surface area contributed by atoms with Crippen LogP contribution in [0.3, 0.4) is 0 Å². The van der Waals surface area contributed by atoms with Gasteiger partial charge in [0.1, 0.15) is 17.0 Å². The fourth-order valence-corrected chi connectivity index (χ4v) is 3.46. The van der Waals surface area contributed by atoms with Gasteiger partial charge in [-0.2, -0.15) is 0 Å². The number of benzene rings is 1. The first-order chi connectivity index (χ1) is 13.3. The zero-order valence-electron chi connectivity index (χ0n) is 17.0. The molecule has 0 saturated carbocycles. The van der Waals surface area contributed by atoms with E-state index in [-0.39, 0.29) is 11.3 Å². The predicted molar refractivity (Wildman–Crippen MR) is 109 cm³/mol. The second kappa shape index (κ2) is 7.38. The van der Waals surface area contributed by atoms with Crippen LogP contribution in [0, 0.1) is 20.8 Å². The Morgan fingerprint density at radius 3 is 2.50 bits per heavy atom. The lowest BCUT2D eigenvalue weighted by atomic mass is 10.1. The van der Waals surface area contributed by atoms with Gasteiger partial charge in [-0.1, -0.05) is 6.07 Å². The lowest BCUT2D eigenvalue weighted by molar-refractivity contribution is -0.135. The van der Waals surface area contributed by atoms with Crippen LogP contribution < -0.4 is 4.74 Å². The quantitative estimate of drug-likeness (QED) is 0.807. The Balaban J connectivity index is 2.12. The monoisotopic (exact) mass is 380 g/mol. The second-order valence-corrected chi connectivity index (χ2v) is 6.78. The molecule has 0 bridgehead atoms. The topological polar surface area (TPSA) is 73.0 Å². The van der Waals surface area contributed by atoms with E-state index in [0.717, 1.165) is 34.0 Å². The third-order valence-corrected chi connectivity index (χ3v) is 4.86. The molecule has 0 radical (unpaired) electrons. The van der Waals surface area contributed by atoms with Crippen LogP contribution in [-0.2, 0) is 9.53 Å². The highest BCUT2D eigenvalue weighted by molar-refractivity contribution is 6.22. The first-order valence-corrected chi connectivity index (χ1v) is 8.91. The summed E-state index contributed by atoms with van der Waals surface area (Å²) < 4.78 is 12.4. The lowest BCUT2D eigenvalue weighted by Crippen LogP contribution is -2.11. The summed E-state index contributed by atoms with van der Waals surface area (Å²) >= 11 is 0. The molecule has 6 nitrogen and oxygen atoms in total. The molecule has 0 amide bonds. The summed E-state index contributed by atoms with van der Waals surface area (Å²) in [4.78, 5) is 16.2. The molecular formula is C22H24N2O4. The fourth-order valence-electron chi connectivity index (χ4n) is 3.46. The van der Waals surface area contributed by atoms with Crippen molar-refractivity contribution in [2.24, 2.45) is 4.99 Å². The third-order valence-electron chi connectivity index (χ3n) is 4.86. The van der Waals surface area contributed by atoms with E-state index in [4.69, 9.17) is 9.47 Å². The van der Waals surface area contributed by atoms with Gasteiger partial charge in [-0.05, 0) is 63.1 Å². The first-order valence-electron chi connectivity index (χ1n) is 8.91. The van der Waals surface area contributed by atoms with Crippen LogP contribution >= 0.6 is 0 Å². The van der Waals surface area contributed by atoms with E-state index in [9.17, 15) is 9.90 Å². The Morgan fingerprint density at radius 2 is 1.86 bits per heavy atom. The molecular weight excluding hydrogens is 356 g/mol. The van der Waals surface area contributed by atoms with E-state index in [1.165, 1.54) is 7.11 Å². The van der Waals surface area contributed by atoms with Crippen LogP contribution in [0.5, 0.6) is 5.75 Å². The van der Waals surface area contributed by atoms with Crippen LogP contribution in [0.25, 0.3) is 11.8 Å². The molecule has 6 heteroatoms. The molecule has 0 aliphatic carbocycles. The number of aliphatic imine (C=N–C) groups is 1. The number of carbonyl (C=O) groups excluding carboxylic acids is 1. The van der Waals surface area contributed by atoms with Gasteiger partial charge in [0.25, 0.3) is 0 Å². The maximum atomic E-state index is 11.9. The number of esters is 1. The number of hydrogen-bond donors (Lipinski definition) is 1. The van der Waals surface area contributed by atoms with Gasteiger partial charge in [-0.15, -0.1) is 0 Å². The maximum Gasteiger partial charge on any atom is 0.343 e. The summed E-state index contributed by atoms with van der Waals surface area (Å²) in [6.45, 7) is 7.71. The molecule has 3 rings (SSSR count). The number of rotatable bonds is 4. The van der Waals surface area contributed by atoms with E-state index in [2.05, 4.69) is 15.6 Å². The van der Waals surface area contributed by atoms with E-state index in [0.29, 0.717) is 11.4 Å². The Bertz CT molecular complexity index is 1050. The minimum absolute atomic E-state index is 0.0999. The highest BCUT2D eigenvalue weighted by atomic mass is 16.5. The normalized spacial score (nSPS) is 15.2. The number of hydrogen-bond acceptors (Lipinski definition) is 5. The van der Waals surface area contributed by atoms with Gasteiger partial charge in [-0.3, -0.25) is 0 Å². The predicted octanol–water partition coefficient (Wildman–Crippen LogP) is 4.21. The molecule has 1 aromatic heterocycles. The minimum atomic E-state index is -0.600. The SMILES string of the molecule is COC(=O)C1=C(O)/C(=C\c2cc(C)n(-c3cc(C)ccc3OC)c2C)N=C1C. The molecule has 1 N–H and O–H groups in total. The summed E-state index contributed by atoms with van der Waals surface area (Å²) in [5.41, 5.74) is 5.84. The van der Waals surface area contributed by atoms with E-state index in [1.807, 2.05) is 39.0 Å². The number of methoxy groups -OCH3 is 2. The lowest BCUT2D eigenvalue weighted by Gasteiger charge is -2.14. The second-order valence-electron chi connectivity index (χ2n) is 6.78. The summed E-state index contributed by atoms with van der Waals surface area (Å²) in [7, 11) is 2.93. The van der Waals surface area contributed by atoms with Gasteiger partial charge in [0.15, 0.2) is 5.76 Å². The number of aliphatic hydroxyl groups excluding tert-OH is 1. The Hall–Kier alpha value is -3.28. The molecule has 0 unspecified atom stereocenters. The van der Waals surface area contributed by atoms with Crippen LogP contribution in [0.4, 0.5) is 0 Å². The highest BCUT2D eigenvalue weighted by Crippen LogP contribution is 2.32. The van der Waals surface area contributed by atoms with Gasteiger partial charge in [0.2, 0.25) is 0 Å². The maximum absolute atomic E-state index is 11.9. The van der Waals surface area contributed by atoms with Crippen molar-refractivity contribution in [3.8, 4) is 11.4 Å². The zero-order valence-corrected chi connectivity index (χ0v) is 17.0. The zero-order chi connectivity index (χ0) is 20.6. The average Bonchev–Trinajstić information content (AvgIpc) is 3.09. The summed E-state index contributed by atoms with van der Waals surface area (Å²) in [5, 5.41) is 10.5. The van der Waals surface area contributed by atoms with E-state index < -0.39 is 5.97 Å². The number of ether oxygens (including phenoxy) is 2. The molecule has 0 saturated heterocycles. The smallest absolute Gasteiger partial charge is 0.343 e. The Labute approximate surface area is 164 Å². The van der Waals surface area contributed by atoms with Crippen LogP contribution in [0.2, 0.25) is 0 Å². The number of aliphatic hydroxyl groups is 1. The molecule has 2 heterocycles. The number of aryl methyl sites for hydroxylation is 2. The Kier molecular flexibility index (Phi) is 5.14. The molecule has 28 heavy (non-hydrogen) atoms. The Morgan fingerprint density at radius 1 is 1.14 bits per heavy atom. The fraction of sp³-hybridized carbons (Fsp3) is 0.273. The number of carbonyl (C=O) groups is 1. The van der Waals surface area contributed by atoms with Gasteiger partial charge in [0.05, 0.1) is 25.6 Å². The molecule has 2 aromatic rings. The van der Waals surface area contributed by atoms with E-state index >= 15 is 0 Å². The molecule has 0 spiro atoms. The van der Waals surface area contributed by atoms with Gasteiger partial charge in [-0.25, -0.2) is 9.79 Å². The molecule has 146 valence electrons. The van der Waals surface area contributed by atoms with Gasteiger partial charge in [0, 0.05) is 11.4 Å². The minimum Gasteiger partial charge on any atom is -0.505 e. The van der Waals surface area contributed by atoms with Crippen LogP contribution in [0.15, 0.2) is 46.3 Å². The molecule has 0 fully saturated rings. The highest BCUT2D eigenvalue weighted by Gasteiger charge is 2.27. The first kappa shape index (κ1) is 19.5. The van der Waals surface area contributed by atoms with Crippen molar-refractivity contribution in [3.63, 3.8) is 0 Å². The van der Waals surface area contributed by atoms with E-state index in [1.54, 1.807) is 20.1 Å². The molecule has 1 aliphatic rings. The van der Waals surface area contributed by atoms with Crippen molar-refractivity contribution in [1.29, 1.82) is 0 Å². The van der Waals surface area contributed by atoms with Crippen LogP contribution in [-0.4, -0.2) is 35.6 Å². The summed E-state index contributed by atoms with van der Waals surface area (Å²) in [6, 6.07) is 8.04. The summed E-state index contributed by atoms with van der Waals surface area (Å²) in [5.74, 6) is 0.0106. The van der Waals surface area contributed by atoms with Gasteiger partial charge >= 0.3 is 5.97 Å². The van der Waals surface area contributed by atoms with Crippen molar-refractivity contribution in [2.75, 3.05) is 14.2 Å². The average molecular weight is 380 g/mol. The number of nitrogens with zero attached hydrogens (tertiary/aromatic N) is 2. The van der Waals surface area contributed by atoms with Crippen molar-refractivity contribution in [3.05, 3.63) is 63.8 Å². The molecule has 1 aromatic carbocycles. The van der Waals surface area contributed by atoms with Crippen molar-refractivity contribution in [1.82, 2.24) is 4.57 Å². The van der Waals surface area contributed by atoms with Crippen molar-refractivity contribution < 1.29 is 19.4 Å². The molecule has 1 aliphatic heterocycles. The third kappa shape index (κ3) is 3.22.